The lowest BCUT2D eigenvalue weighted by Gasteiger charge is -2.20. The SMILES string of the molecule is NC(CO)(CO)CO.c1cnc2c(c1)ccc1cccnc12. The van der Waals surface area contributed by atoms with Crippen LogP contribution in [0.3, 0.4) is 0 Å². The average molecular weight is 301 g/mol. The van der Waals surface area contributed by atoms with Gasteiger partial charge in [-0.1, -0.05) is 24.3 Å². The third kappa shape index (κ3) is 3.55. The topological polar surface area (TPSA) is 112 Å². The largest absolute Gasteiger partial charge is 0.394 e. The van der Waals surface area contributed by atoms with Gasteiger partial charge in [-0.25, -0.2) is 0 Å². The van der Waals surface area contributed by atoms with Crippen molar-refractivity contribution >= 4 is 21.8 Å². The van der Waals surface area contributed by atoms with Crippen LogP contribution in [0, 0.1) is 0 Å². The van der Waals surface area contributed by atoms with Gasteiger partial charge in [-0.3, -0.25) is 9.97 Å². The van der Waals surface area contributed by atoms with Crippen LogP contribution in [0.2, 0.25) is 0 Å². The summed E-state index contributed by atoms with van der Waals surface area (Å²) in [6.07, 6.45) is 3.60. The van der Waals surface area contributed by atoms with Crippen LogP contribution in [0.15, 0.2) is 48.8 Å². The van der Waals surface area contributed by atoms with Gasteiger partial charge >= 0.3 is 0 Å². The summed E-state index contributed by atoms with van der Waals surface area (Å²) in [5, 5.41) is 27.3. The van der Waals surface area contributed by atoms with Gasteiger partial charge in [-0.2, -0.15) is 0 Å². The van der Waals surface area contributed by atoms with Gasteiger partial charge in [0.1, 0.15) is 0 Å². The lowest BCUT2D eigenvalue weighted by atomic mass is 10.1. The molecule has 0 unspecified atom stereocenters. The van der Waals surface area contributed by atoms with Crippen LogP contribution in [0.25, 0.3) is 21.8 Å². The van der Waals surface area contributed by atoms with Crippen molar-refractivity contribution in [1.82, 2.24) is 9.97 Å². The van der Waals surface area contributed by atoms with E-state index in [1.165, 1.54) is 0 Å². The van der Waals surface area contributed by atoms with E-state index in [-0.39, 0.29) is 0 Å². The number of benzene rings is 1. The first-order valence-electron chi connectivity index (χ1n) is 6.83. The summed E-state index contributed by atoms with van der Waals surface area (Å²) in [4.78, 5) is 8.69. The van der Waals surface area contributed by atoms with Gasteiger partial charge in [-0.15, -0.1) is 0 Å². The van der Waals surface area contributed by atoms with E-state index in [4.69, 9.17) is 21.1 Å². The van der Waals surface area contributed by atoms with Crippen molar-refractivity contribution in [3.63, 3.8) is 0 Å². The van der Waals surface area contributed by atoms with E-state index in [0.717, 1.165) is 21.8 Å². The molecule has 0 aliphatic rings. The Morgan fingerprint density at radius 1 is 0.773 bits per heavy atom. The smallest absolute Gasteiger partial charge is 0.0964 e. The first-order chi connectivity index (χ1) is 10.6. The maximum Gasteiger partial charge on any atom is 0.0964 e. The lowest BCUT2D eigenvalue weighted by Crippen LogP contribution is -2.50. The fourth-order valence-corrected chi connectivity index (χ4v) is 1.83. The second-order valence-corrected chi connectivity index (χ2v) is 5.05. The van der Waals surface area contributed by atoms with Crippen LogP contribution in [-0.4, -0.2) is 50.6 Å². The van der Waals surface area contributed by atoms with Crippen molar-refractivity contribution in [2.45, 2.75) is 5.54 Å². The molecule has 1 aromatic carbocycles. The molecule has 116 valence electrons. The molecule has 3 rings (SSSR count). The van der Waals surface area contributed by atoms with Crippen LogP contribution in [0.5, 0.6) is 0 Å². The molecule has 0 bridgehead atoms. The monoisotopic (exact) mass is 301 g/mol. The molecule has 0 aliphatic carbocycles. The van der Waals surface area contributed by atoms with Crippen molar-refractivity contribution in [1.29, 1.82) is 0 Å². The summed E-state index contributed by atoms with van der Waals surface area (Å²) in [6.45, 7) is -1.21. The summed E-state index contributed by atoms with van der Waals surface area (Å²) in [6, 6.07) is 12.1. The average Bonchev–Trinajstić information content (AvgIpc) is 2.61. The fraction of sp³-hybridized carbons (Fsp3) is 0.250. The van der Waals surface area contributed by atoms with Gasteiger partial charge in [0.25, 0.3) is 0 Å². The maximum absolute atomic E-state index is 8.34. The molecule has 6 nitrogen and oxygen atoms in total. The highest BCUT2D eigenvalue weighted by Crippen LogP contribution is 2.20. The molecule has 6 heteroatoms. The van der Waals surface area contributed by atoms with E-state index >= 15 is 0 Å². The van der Waals surface area contributed by atoms with Gasteiger partial charge in [0, 0.05) is 23.2 Å². The maximum atomic E-state index is 8.34. The molecule has 0 fully saturated rings. The molecule has 0 saturated heterocycles. The molecule has 0 atom stereocenters. The number of hydrogen-bond acceptors (Lipinski definition) is 6. The van der Waals surface area contributed by atoms with Crippen molar-refractivity contribution in [2.24, 2.45) is 5.73 Å². The highest BCUT2D eigenvalue weighted by atomic mass is 16.3. The van der Waals surface area contributed by atoms with E-state index in [1.807, 2.05) is 12.1 Å². The Labute approximate surface area is 127 Å². The minimum atomic E-state index is -1.21. The van der Waals surface area contributed by atoms with E-state index in [1.54, 1.807) is 12.4 Å². The quantitative estimate of drug-likeness (QED) is 0.522. The number of aromatic nitrogens is 2. The molecule has 2 heterocycles. The van der Waals surface area contributed by atoms with Gasteiger partial charge in [0.05, 0.1) is 36.4 Å². The first kappa shape index (κ1) is 16.3. The Morgan fingerprint density at radius 2 is 1.18 bits per heavy atom. The predicted octanol–water partition coefficient (Wildman–Crippen LogP) is 0.444. The summed E-state index contributed by atoms with van der Waals surface area (Å²) < 4.78 is 0. The number of hydrogen-bond donors (Lipinski definition) is 4. The first-order valence-corrected chi connectivity index (χ1v) is 6.83. The summed E-state index contributed by atoms with van der Waals surface area (Å²) in [5.74, 6) is 0. The molecule has 0 saturated carbocycles. The Hall–Kier alpha value is -2.12. The third-order valence-corrected chi connectivity index (χ3v) is 3.29. The highest BCUT2D eigenvalue weighted by molar-refractivity contribution is 6.02. The van der Waals surface area contributed by atoms with Crippen molar-refractivity contribution < 1.29 is 15.3 Å². The fourth-order valence-electron chi connectivity index (χ4n) is 1.83. The van der Waals surface area contributed by atoms with Crippen LogP contribution in [0.4, 0.5) is 0 Å². The molecule has 0 amide bonds. The molecule has 3 aromatic rings. The Morgan fingerprint density at radius 3 is 1.50 bits per heavy atom. The summed E-state index contributed by atoms with van der Waals surface area (Å²) in [7, 11) is 0. The standard InChI is InChI=1S/C12H8N2.C4H11NO3/c1-3-9-5-6-10-4-2-8-14-12(10)11(9)13-7-1;5-4(1-6,2-7)3-8/h1-8H;6-8H,1-3,5H2. The number of nitrogens with two attached hydrogens (primary N) is 1. The molecular formula is C16H19N3O3. The van der Waals surface area contributed by atoms with Gasteiger partial charge in [-0.05, 0) is 12.1 Å². The molecule has 2 aromatic heterocycles. The van der Waals surface area contributed by atoms with Gasteiger partial charge in [0.2, 0.25) is 0 Å². The molecule has 0 aliphatic heterocycles. The number of rotatable bonds is 3. The van der Waals surface area contributed by atoms with Crippen LogP contribution in [0.1, 0.15) is 0 Å². The molecular weight excluding hydrogens is 282 g/mol. The second kappa shape index (κ2) is 7.24. The van der Waals surface area contributed by atoms with E-state index in [9.17, 15) is 0 Å². The van der Waals surface area contributed by atoms with E-state index in [0.29, 0.717) is 0 Å². The number of aliphatic hydroxyl groups excluding tert-OH is 3. The zero-order chi connectivity index (χ0) is 16.0. The minimum Gasteiger partial charge on any atom is -0.394 e. The third-order valence-electron chi connectivity index (χ3n) is 3.29. The number of nitrogens with zero attached hydrogens (tertiary/aromatic N) is 2. The Balaban J connectivity index is 0.000000192. The van der Waals surface area contributed by atoms with Crippen LogP contribution in [-0.2, 0) is 0 Å². The minimum absolute atomic E-state index is 0.403. The lowest BCUT2D eigenvalue weighted by molar-refractivity contribution is 0.0698. The summed E-state index contributed by atoms with van der Waals surface area (Å²) >= 11 is 0. The predicted molar refractivity (Wildman–Crippen MR) is 85.2 cm³/mol. The molecule has 5 N–H and O–H groups in total. The Bertz CT molecular complexity index is 682. The number of aliphatic hydroxyl groups is 3. The van der Waals surface area contributed by atoms with Crippen molar-refractivity contribution in [3.8, 4) is 0 Å². The molecule has 0 spiro atoms. The van der Waals surface area contributed by atoms with E-state index < -0.39 is 25.4 Å². The van der Waals surface area contributed by atoms with E-state index in [2.05, 4.69) is 34.2 Å². The zero-order valence-electron chi connectivity index (χ0n) is 12.1. The van der Waals surface area contributed by atoms with Crippen molar-refractivity contribution in [3.05, 3.63) is 48.8 Å². The van der Waals surface area contributed by atoms with Gasteiger partial charge in [0.15, 0.2) is 0 Å². The second-order valence-electron chi connectivity index (χ2n) is 5.05. The zero-order valence-corrected chi connectivity index (χ0v) is 12.1. The number of pyridine rings is 2. The molecule has 0 radical (unpaired) electrons. The summed E-state index contributed by atoms with van der Waals surface area (Å²) in [5.41, 5.74) is 5.89. The Kier molecular flexibility index (Phi) is 5.35. The van der Waals surface area contributed by atoms with Crippen LogP contribution >= 0.6 is 0 Å². The van der Waals surface area contributed by atoms with Crippen molar-refractivity contribution in [2.75, 3.05) is 19.8 Å². The van der Waals surface area contributed by atoms with Gasteiger partial charge < -0.3 is 21.1 Å². The highest BCUT2D eigenvalue weighted by Gasteiger charge is 2.20. The molecule has 22 heavy (non-hydrogen) atoms. The number of fused-ring (bicyclic) bond motifs is 3. The van der Waals surface area contributed by atoms with Crippen LogP contribution < -0.4 is 5.73 Å². The normalized spacial score (nSPS) is 11.3.